The van der Waals surface area contributed by atoms with Crippen LogP contribution in [-0.2, 0) is 11.3 Å². The van der Waals surface area contributed by atoms with Crippen molar-refractivity contribution in [1.29, 1.82) is 0 Å². The summed E-state index contributed by atoms with van der Waals surface area (Å²) in [6.45, 7) is 6.07. The fourth-order valence-corrected chi connectivity index (χ4v) is 4.70. The molecule has 1 aromatic heterocycles. The predicted octanol–water partition coefficient (Wildman–Crippen LogP) is 4.57. The highest BCUT2D eigenvalue weighted by Crippen LogP contribution is 2.36. The van der Waals surface area contributed by atoms with Crippen LogP contribution in [0.25, 0.3) is 10.9 Å². The standard InChI is InChI=1S/C25H27Cl2N3O5/c1-25(2,3)21-13-29(24(33)34)11-16(14-8-9-17(26)18(27)10-14)20(35-21)12-30-22(31)15-6-4-5-7-19(15)28-23(30)32/h4-10,16,20-21H,11-13H2,1-3H3,(H,28,32)(H,33,34)/t16-,20+,21-/m1/s1. The van der Waals surface area contributed by atoms with Crippen molar-refractivity contribution in [1.82, 2.24) is 14.5 Å². The number of rotatable bonds is 3. The molecule has 0 aliphatic carbocycles. The summed E-state index contributed by atoms with van der Waals surface area (Å²) in [5, 5.41) is 11.0. The van der Waals surface area contributed by atoms with Crippen molar-refractivity contribution in [3.8, 4) is 0 Å². The minimum Gasteiger partial charge on any atom is -0.465 e. The lowest BCUT2D eigenvalue weighted by Gasteiger charge is -2.34. The number of aromatic amines is 1. The Balaban J connectivity index is 1.84. The largest absolute Gasteiger partial charge is 0.465 e. The molecule has 186 valence electrons. The quantitative estimate of drug-likeness (QED) is 0.527. The number of ether oxygens (including phenoxy) is 1. The molecule has 0 saturated carbocycles. The number of fused-ring (bicyclic) bond motifs is 1. The maximum Gasteiger partial charge on any atom is 0.407 e. The number of carboxylic acid groups (broad SMARTS) is 1. The number of amides is 1. The molecule has 35 heavy (non-hydrogen) atoms. The van der Waals surface area contributed by atoms with E-state index < -0.39 is 40.9 Å². The SMILES string of the molecule is CC(C)(C)[C@H]1CN(C(=O)O)C[C@H](c2ccc(Cl)c(Cl)c2)[C@H](Cn2c(=O)[nH]c3ccccc3c2=O)O1. The number of hydrogen-bond donors (Lipinski definition) is 2. The molecule has 10 heteroatoms. The van der Waals surface area contributed by atoms with Crippen molar-refractivity contribution in [2.75, 3.05) is 13.1 Å². The van der Waals surface area contributed by atoms with Gasteiger partial charge in [0, 0.05) is 12.5 Å². The molecular weight excluding hydrogens is 493 g/mol. The number of hydrogen-bond acceptors (Lipinski definition) is 4. The average molecular weight is 520 g/mol. The Morgan fingerprint density at radius 3 is 2.49 bits per heavy atom. The summed E-state index contributed by atoms with van der Waals surface area (Å²) in [6, 6.07) is 11.9. The Bertz CT molecular complexity index is 1380. The topological polar surface area (TPSA) is 105 Å². The van der Waals surface area contributed by atoms with E-state index in [4.69, 9.17) is 27.9 Å². The molecule has 1 amide bonds. The van der Waals surface area contributed by atoms with Gasteiger partial charge < -0.3 is 19.7 Å². The van der Waals surface area contributed by atoms with Gasteiger partial charge >= 0.3 is 11.8 Å². The molecule has 1 saturated heterocycles. The fourth-order valence-electron chi connectivity index (χ4n) is 4.39. The number of aromatic nitrogens is 2. The van der Waals surface area contributed by atoms with Crippen LogP contribution in [0.3, 0.4) is 0 Å². The van der Waals surface area contributed by atoms with Crippen LogP contribution >= 0.6 is 23.2 Å². The maximum absolute atomic E-state index is 13.2. The molecule has 3 atom stereocenters. The second-order valence-corrected chi connectivity index (χ2v) is 10.7. The van der Waals surface area contributed by atoms with E-state index in [9.17, 15) is 19.5 Å². The first kappa shape index (κ1) is 25.3. The third kappa shape index (κ3) is 5.24. The molecular formula is C25H27Cl2N3O5. The summed E-state index contributed by atoms with van der Waals surface area (Å²) < 4.78 is 7.64. The van der Waals surface area contributed by atoms with Crippen LogP contribution in [0.4, 0.5) is 4.79 Å². The Hall–Kier alpha value is -2.81. The van der Waals surface area contributed by atoms with Crippen LogP contribution in [0.15, 0.2) is 52.1 Å². The van der Waals surface area contributed by atoms with Crippen molar-refractivity contribution in [3.05, 3.63) is 78.9 Å². The third-order valence-corrected chi connectivity index (χ3v) is 7.19. The van der Waals surface area contributed by atoms with Crippen molar-refractivity contribution >= 4 is 40.2 Å². The predicted molar refractivity (Wildman–Crippen MR) is 136 cm³/mol. The normalized spacial score (nSPS) is 21.2. The zero-order valence-electron chi connectivity index (χ0n) is 19.6. The molecule has 2 aromatic carbocycles. The number of nitrogens with zero attached hydrogens (tertiary/aromatic N) is 2. The minimum absolute atomic E-state index is 0.0655. The van der Waals surface area contributed by atoms with Crippen molar-refractivity contribution in [3.63, 3.8) is 0 Å². The van der Waals surface area contributed by atoms with E-state index in [1.54, 1.807) is 42.5 Å². The summed E-state index contributed by atoms with van der Waals surface area (Å²) in [6.07, 6.45) is -2.25. The molecule has 0 spiro atoms. The van der Waals surface area contributed by atoms with Gasteiger partial charge in [-0.05, 0) is 35.2 Å². The first-order chi connectivity index (χ1) is 16.5. The van der Waals surface area contributed by atoms with Gasteiger partial charge in [0.05, 0.1) is 46.2 Å². The number of halogens is 2. The molecule has 0 bridgehead atoms. The van der Waals surface area contributed by atoms with Gasteiger partial charge in [0.2, 0.25) is 0 Å². The molecule has 1 fully saturated rings. The zero-order valence-corrected chi connectivity index (χ0v) is 21.1. The van der Waals surface area contributed by atoms with E-state index in [1.807, 2.05) is 20.8 Å². The van der Waals surface area contributed by atoms with Gasteiger partial charge in [0.15, 0.2) is 0 Å². The van der Waals surface area contributed by atoms with Gasteiger partial charge in [-0.2, -0.15) is 0 Å². The minimum atomic E-state index is -1.07. The first-order valence-corrected chi connectivity index (χ1v) is 12.0. The second kappa shape index (κ2) is 9.68. The van der Waals surface area contributed by atoms with Crippen molar-refractivity contribution < 1.29 is 14.6 Å². The van der Waals surface area contributed by atoms with Gasteiger partial charge in [0.1, 0.15) is 0 Å². The molecule has 2 N–H and O–H groups in total. The highest BCUT2D eigenvalue weighted by molar-refractivity contribution is 6.42. The summed E-state index contributed by atoms with van der Waals surface area (Å²) in [5.41, 5.74) is -0.245. The number of carbonyl (C=O) groups is 1. The van der Waals surface area contributed by atoms with Crippen LogP contribution in [0.5, 0.6) is 0 Å². The Kier molecular flexibility index (Phi) is 6.99. The van der Waals surface area contributed by atoms with E-state index in [2.05, 4.69) is 4.98 Å². The van der Waals surface area contributed by atoms with Crippen LogP contribution < -0.4 is 11.2 Å². The first-order valence-electron chi connectivity index (χ1n) is 11.3. The summed E-state index contributed by atoms with van der Waals surface area (Å²) in [4.78, 5) is 42.3. The molecule has 1 aliphatic heterocycles. The highest BCUT2D eigenvalue weighted by Gasteiger charge is 2.40. The number of benzene rings is 2. The van der Waals surface area contributed by atoms with E-state index in [0.717, 1.165) is 4.57 Å². The van der Waals surface area contributed by atoms with Crippen molar-refractivity contribution in [2.24, 2.45) is 5.41 Å². The van der Waals surface area contributed by atoms with Crippen LogP contribution in [0.1, 0.15) is 32.3 Å². The highest BCUT2D eigenvalue weighted by atomic mass is 35.5. The van der Waals surface area contributed by atoms with Gasteiger partial charge in [-0.3, -0.25) is 9.36 Å². The average Bonchev–Trinajstić information content (AvgIpc) is 2.99. The Morgan fingerprint density at radius 1 is 1.11 bits per heavy atom. The second-order valence-electron chi connectivity index (χ2n) is 9.89. The van der Waals surface area contributed by atoms with E-state index >= 15 is 0 Å². The molecule has 0 radical (unpaired) electrons. The van der Waals surface area contributed by atoms with Crippen LogP contribution in [-0.4, -0.2) is 50.9 Å². The molecule has 1 aliphatic rings. The molecule has 4 rings (SSSR count). The Labute approximate surface area is 212 Å². The molecule has 8 nitrogen and oxygen atoms in total. The monoisotopic (exact) mass is 519 g/mol. The Morgan fingerprint density at radius 2 is 1.83 bits per heavy atom. The zero-order chi connectivity index (χ0) is 25.5. The summed E-state index contributed by atoms with van der Waals surface area (Å²) in [7, 11) is 0. The van der Waals surface area contributed by atoms with Gasteiger partial charge in [0.25, 0.3) is 5.56 Å². The third-order valence-electron chi connectivity index (χ3n) is 6.45. The fraction of sp³-hybridized carbons (Fsp3) is 0.400. The summed E-state index contributed by atoms with van der Waals surface area (Å²) in [5.74, 6) is -0.508. The van der Waals surface area contributed by atoms with Gasteiger partial charge in [-0.15, -0.1) is 0 Å². The number of nitrogens with one attached hydrogen (secondary N) is 1. The maximum atomic E-state index is 13.2. The van der Waals surface area contributed by atoms with Gasteiger partial charge in [-0.1, -0.05) is 62.2 Å². The molecule has 0 unspecified atom stereocenters. The molecule has 2 heterocycles. The van der Waals surface area contributed by atoms with E-state index in [-0.39, 0.29) is 19.6 Å². The number of para-hydroxylation sites is 1. The van der Waals surface area contributed by atoms with Crippen LogP contribution in [0, 0.1) is 5.41 Å². The van der Waals surface area contributed by atoms with Gasteiger partial charge in [-0.25, -0.2) is 9.59 Å². The summed E-state index contributed by atoms with van der Waals surface area (Å²) >= 11 is 12.4. The smallest absolute Gasteiger partial charge is 0.407 e. The lowest BCUT2D eigenvalue weighted by atomic mass is 9.88. The lowest BCUT2D eigenvalue weighted by molar-refractivity contribution is -0.0722. The lowest BCUT2D eigenvalue weighted by Crippen LogP contribution is -2.44. The molecule has 3 aromatic rings. The van der Waals surface area contributed by atoms with E-state index in [1.165, 1.54) is 4.90 Å². The van der Waals surface area contributed by atoms with Crippen LogP contribution in [0.2, 0.25) is 10.0 Å². The van der Waals surface area contributed by atoms with Crippen molar-refractivity contribution in [2.45, 2.75) is 45.4 Å². The number of H-pyrrole nitrogens is 1. The van der Waals surface area contributed by atoms with E-state index in [0.29, 0.717) is 26.5 Å².